The third kappa shape index (κ3) is 10.7. The van der Waals surface area contributed by atoms with Gasteiger partial charge in [-0.2, -0.15) is 71.1 Å². The van der Waals surface area contributed by atoms with Crippen molar-refractivity contribution in [1.29, 1.82) is 0 Å². The molecule has 0 aliphatic carbocycles. The number of hydrogen-bond acceptors (Lipinski definition) is 6. The van der Waals surface area contributed by atoms with Crippen LogP contribution in [0.4, 0.5) is 71.8 Å². The molecular formula is C23H32F15N5O2. The van der Waals surface area contributed by atoms with Crippen molar-refractivity contribution in [2.75, 3.05) is 12.3 Å². The summed E-state index contributed by atoms with van der Waals surface area (Å²) in [7, 11) is 0. The van der Waals surface area contributed by atoms with Gasteiger partial charge in [-0.05, 0) is 11.6 Å². The molecule has 0 saturated heterocycles. The van der Waals surface area contributed by atoms with Gasteiger partial charge in [-0.3, -0.25) is 4.79 Å². The second-order valence-electron chi connectivity index (χ2n) is 9.79. The summed E-state index contributed by atoms with van der Waals surface area (Å²) in [4.78, 5) is 11.4. The molecule has 0 atom stereocenters. The summed E-state index contributed by atoms with van der Waals surface area (Å²) in [5, 5.41) is 12.0. The van der Waals surface area contributed by atoms with Crippen molar-refractivity contribution in [3.63, 3.8) is 0 Å². The molecule has 1 aromatic rings. The van der Waals surface area contributed by atoms with E-state index in [0.717, 1.165) is 51.4 Å². The molecule has 0 aromatic carbocycles. The van der Waals surface area contributed by atoms with E-state index in [1.165, 1.54) is 0 Å². The Bertz CT molecular complexity index is 990. The molecule has 0 amide bonds. The number of nitrogens with one attached hydrogen (secondary N) is 1. The Morgan fingerprint density at radius 3 is 1.40 bits per heavy atom. The van der Waals surface area contributed by atoms with Gasteiger partial charge >= 0.3 is 47.7 Å². The van der Waals surface area contributed by atoms with Crippen molar-refractivity contribution in [3.05, 3.63) is 0 Å². The number of H-pyrrole nitrogens is 1. The lowest BCUT2D eigenvalue weighted by atomic mass is 9.91. The monoisotopic (exact) mass is 695 g/mol. The molecule has 1 heterocycles. The number of nitrogens with two attached hydrogens (primary N) is 1. The first-order valence-corrected chi connectivity index (χ1v) is 13.3. The molecule has 0 bridgehead atoms. The van der Waals surface area contributed by atoms with Crippen LogP contribution in [-0.2, 0) is 9.53 Å². The van der Waals surface area contributed by atoms with Crippen LogP contribution < -0.4 is 5.73 Å². The van der Waals surface area contributed by atoms with E-state index in [2.05, 4.69) is 32.3 Å². The number of aromatic amines is 1. The number of nitrogen functional groups attached to an aromatic ring is 1. The van der Waals surface area contributed by atoms with E-state index >= 15 is 0 Å². The van der Waals surface area contributed by atoms with Gasteiger partial charge in [0.15, 0.2) is 6.61 Å². The predicted octanol–water partition coefficient (Wildman–Crippen LogP) is 8.39. The predicted molar refractivity (Wildman–Crippen MR) is 126 cm³/mol. The number of ether oxygens (including phenoxy) is 1. The van der Waals surface area contributed by atoms with Gasteiger partial charge in [0.25, 0.3) is 5.95 Å². The van der Waals surface area contributed by atoms with Crippen molar-refractivity contribution in [1.82, 2.24) is 20.6 Å². The molecule has 0 saturated carbocycles. The quantitative estimate of drug-likeness (QED) is 0.0856. The highest BCUT2D eigenvalue weighted by Crippen LogP contribution is 2.62. The van der Waals surface area contributed by atoms with Gasteiger partial charge in [0.2, 0.25) is 0 Å². The number of rotatable bonds is 19. The maximum Gasteiger partial charge on any atom is 0.460 e. The highest BCUT2D eigenvalue weighted by Gasteiger charge is 2.93. The molecule has 1 aromatic heterocycles. The number of halogens is 15. The zero-order chi connectivity index (χ0) is 35.4. The number of tetrazole rings is 1. The lowest BCUT2D eigenvalue weighted by Crippen LogP contribution is -2.73. The molecule has 45 heavy (non-hydrogen) atoms. The van der Waals surface area contributed by atoms with Crippen molar-refractivity contribution >= 4 is 11.9 Å². The summed E-state index contributed by atoms with van der Waals surface area (Å²) >= 11 is 0. The van der Waals surface area contributed by atoms with E-state index in [4.69, 9.17) is 5.73 Å². The summed E-state index contributed by atoms with van der Waals surface area (Å²) in [6, 6.07) is 0. The topological polar surface area (TPSA) is 107 Å². The van der Waals surface area contributed by atoms with Crippen molar-refractivity contribution < 1.29 is 75.4 Å². The Kier molecular flexibility index (Phi) is 15.7. The minimum absolute atomic E-state index is 0.0374. The minimum atomic E-state index is -8.36. The number of carbonyl (C=O) groups is 1. The first-order chi connectivity index (χ1) is 20.3. The Labute approximate surface area is 246 Å². The maximum atomic E-state index is 13.7. The first kappa shape index (κ1) is 42.3. The van der Waals surface area contributed by atoms with E-state index in [1.807, 2.05) is 0 Å². The fraction of sp³-hybridized carbons (Fsp3) is 0.913. The molecule has 3 N–H and O–H groups in total. The molecule has 0 fully saturated rings. The molecule has 0 aliphatic rings. The van der Waals surface area contributed by atoms with E-state index in [9.17, 15) is 70.7 Å². The molecule has 0 radical (unpaired) electrons. The highest BCUT2D eigenvalue weighted by molar-refractivity contribution is 5.69. The van der Waals surface area contributed by atoms with Gasteiger partial charge in [-0.15, -0.1) is 5.10 Å². The number of alkyl halides is 15. The number of nitrogens with zero attached hydrogens (tertiary/aromatic N) is 3. The van der Waals surface area contributed by atoms with E-state index < -0.39 is 60.7 Å². The van der Waals surface area contributed by atoms with E-state index in [1.54, 1.807) is 0 Å². The van der Waals surface area contributed by atoms with Crippen LogP contribution >= 0.6 is 0 Å². The number of carbonyl (C=O) groups excluding carboxylic acids is 1. The number of unbranched alkanes of at least 4 members (excludes halogenated alkanes) is 10. The van der Waals surface area contributed by atoms with Crippen molar-refractivity contribution in [2.24, 2.45) is 0 Å². The number of anilines is 1. The SMILES string of the molecule is CCCCCCCCCCCCCC(=O)OCC(F)(F)C(F)(F)C(F)(F)C(F)(F)C(F)(F)C(F)(F)C(F)(F)F.Nc1nn[nH]n1. The molecular weight excluding hydrogens is 663 g/mol. The van der Waals surface area contributed by atoms with Crippen molar-refractivity contribution in [3.8, 4) is 0 Å². The normalized spacial score (nSPS) is 13.8. The van der Waals surface area contributed by atoms with Crippen LogP contribution in [0.15, 0.2) is 0 Å². The maximum absolute atomic E-state index is 13.7. The van der Waals surface area contributed by atoms with Crippen LogP contribution in [0.5, 0.6) is 0 Å². The second-order valence-corrected chi connectivity index (χ2v) is 9.79. The van der Waals surface area contributed by atoms with E-state index in [0.29, 0.717) is 12.8 Å². The number of aromatic nitrogens is 4. The van der Waals surface area contributed by atoms with Crippen LogP contribution in [0, 0.1) is 0 Å². The molecule has 22 heteroatoms. The zero-order valence-electron chi connectivity index (χ0n) is 23.6. The van der Waals surface area contributed by atoms with E-state index in [-0.39, 0.29) is 12.4 Å². The fourth-order valence-electron chi connectivity index (χ4n) is 3.44. The summed E-state index contributed by atoms with van der Waals surface area (Å²) in [5.74, 6) is -48.6. The Morgan fingerprint density at radius 2 is 1.04 bits per heavy atom. The Morgan fingerprint density at radius 1 is 0.644 bits per heavy atom. The largest absolute Gasteiger partial charge is 0.460 e. The average Bonchev–Trinajstić information content (AvgIpc) is 3.40. The number of hydrogen-bond donors (Lipinski definition) is 2. The van der Waals surface area contributed by atoms with Gasteiger partial charge in [-0.1, -0.05) is 76.2 Å². The standard InChI is InChI=1S/C22H29F15O2.CH3N5/c1-2-3-4-5-6-7-8-9-10-11-12-13-15(38)39-14-16(23,24)17(25,26)18(27,28)19(29,30)20(31,32)21(33,34)22(35,36)37;2-1-3-5-6-4-1/h2-14H2,1H3;(H3,2,3,4,5,6). The molecule has 266 valence electrons. The van der Waals surface area contributed by atoms with Crippen LogP contribution in [0.25, 0.3) is 0 Å². The zero-order valence-corrected chi connectivity index (χ0v) is 23.6. The molecule has 0 spiro atoms. The fourth-order valence-corrected chi connectivity index (χ4v) is 3.44. The molecule has 0 aliphatic heterocycles. The van der Waals surface area contributed by atoms with Crippen molar-refractivity contribution in [2.45, 2.75) is 126 Å². The second kappa shape index (κ2) is 16.7. The minimum Gasteiger partial charge on any atom is -0.459 e. The summed E-state index contributed by atoms with van der Waals surface area (Å²) in [6.07, 6.45) is 0.527. The van der Waals surface area contributed by atoms with Gasteiger partial charge < -0.3 is 10.5 Å². The molecule has 7 nitrogen and oxygen atoms in total. The van der Waals surface area contributed by atoms with Crippen LogP contribution in [0.2, 0.25) is 0 Å². The Balaban J connectivity index is 0.00000285. The van der Waals surface area contributed by atoms with Crippen LogP contribution in [-0.4, -0.2) is 74.9 Å². The summed E-state index contributed by atoms with van der Waals surface area (Å²) < 4.78 is 200. The summed E-state index contributed by atoms with van der Waals surface area (Å²) in [6.45, 7) is -1.01. The van der Waals surface area contributed by atoms with Gasteiger partial charge in [0.05, 0.1) is 0 Å². The third-order valence-electron chi connectivity index (χ3n) is 6.15. The van der Waals surface area contributed by atoms with Gasteiger partial charge in [0.1, 0.15) is 0 Å². The smallest absolute Gasteiger partial charge is 0.459 e. The average molecular weight is 696 g/mol. The van der Waals surface area contributed by atoms with Gasteiger partial charge in [-0.25, -0.2) is 0 Å². The number of esters is 1. The first-order valence-electron chi connectivity index (χ1n) is 13.3. The molecule has 0 unspecified atom stereocenters. The van der Waals surface area contributed by atoms with Crippen LogP contribution in [0.1, 0.15) is 84.0 Å². The molecule has 1 rings (SSSR count). The van der Waals surface area contributed by atoms with Gasteiger partial charge in [0, 0.05) is 6.42 Å². The van der Waals surface area contributed by atoms with Crippen LogP contribution in [0.3, 0.4) is 0 Å². The lowest BCUT2D eigenvalue weighted by Gasteiger charge is -2.41. The lowest BCUT2D eigenvalue weighted by molar-refractivity contribution is -0.453. The summed E-state index contributed by atoms with van der Waals surface area (Å²) in [5.41, 5.74) is 4.96. The Hall–Kier alpha value is -2.71. The third-order valence-corrected chi connectivity index (χ3v) is 6.15. The highest BCUT2D eigenvalue weighted by atomic mass is 19.4.